The van der Waals surface area contributed by atoms with Crippen molar-refractivity contribution in [3.05, 3.63) is 58.4 Å². The van der Waals surface area contributed by atoms with Gasteiger partial charge in [-0.3, -0.25) is 19.7 Å². The highest BCUT2D eigenvalue weighted by Crippen LogP contribution is 2.43. The Balaban J connectivity index is 1.35. The van der Waals surface area contributed by atoms with Crippen LogP contribution in [0.4, 0.5) is 21.5 Å². The number of imide groups is 1. The number of nitro groups is 1. The standard InChI is InChI=1S/C25H27FN4O6S/c1-16-2-8-20-21(14-16)25(32)29(24(20)31)18-5-9-22(23(15-18)30(33)34)27-10-12-28(13-11-27)37(35,36)19-6-3-17(26)4-7-19/h3-7,9,15-16,20-21H,2,8,10-14H2,1H3/t16-,20-,21-/m1/s1. The molecule has 0 bridgehead atoms. The minimum absolute atomic E-state index is 0.0207. The number of halogens is 1. The van der Waals surface area contributed by atoms with Crippen LogP contribution in [0.15, 0.2) is 47.4 Å². The first-order valence-electron chi connectivity index (χ1n) is 12.2. The lowest BCUT2D eigenvalue weighted by Crippen LogP contribution is -2.48. The van der Waals surface area contributed by atoms with Crippen molar-refractivity contribution in [3.63, 3.8) is 0 Å². The fourth-order valence-corrected chi connectivity index (χ4v) is 7.06. The molecular formula is C25H27FN4O6S. The smallest absolute Gasteiger partial charge is 0.294 e. The molecule has 2 heterocycles. The summed E-state index contributed by atoms with van der Waals surface area (Å²) >= 11 is 0. The summed E-state index contributed by atoms with van der Waals surface area (Å²) in [5.41, 5.74) is 0.221. The molecule has 0 radical (unpaired) electrons. The van der Waals surface area contributed by atoms with E-state index in [0.717, 1.165) is 23.5 Å². The summed E-state index contributed by atoms with van der Waals surface area (Å²) in [5, 5.41) is 12.0. The number of nitrogens with zero attached hydrogens (tertiary/aromatic N) is 4. The number of hydrogen-bond acceptors (Lipinski definition) is 7. The third-order valence-corrected chi connectivity index (χ3v) is 9.55. The lowest BCUT2D eigenvalue weighted by molar-refractivity contribution is -0.384. The van der Waals surface area contributed by atoms with Gasteiger partial charge < -0.3 is 4.90 Å². The Morgan fingerprint density at radius 3 is 2.24 bits per heavy atom. The van der Waals surface area contributed by atoms with Gasteiger partial charge in [0.05, 0.1) is 27.3 Å². The van der Waals surface area contributed by atoms with Crippen molar-refractivity contribution < 1.29 is 27.3 Å². The predicted molar refractivity (Wildman–Crippen MR) is 133 cm³/mol. The monoisotopic (exact) mass is 530 g/mol. The third kappa shape index (κ3) is 4.48. The summed E-state index contributed by atoms with van der Waals surface area (Å²) in [6.07, 6.45) is 2.14. The Kier molecular flexibility index (Phi) is 6.48. The molecule has 0 unspecified atom stereocenters. The van der Waals surface area contributed by atoms with E-state index in [2.05, 4.69) is 6.92 Å². The molecule has 5 rings (SSSR count). The molecule has 2 aliphatic heterocycles. The molecule has 0 spiro atoms. The van der Waals surface area contributed by atoms with E-state index in [4.69, 9.17) is 0 Å². The van der Waals surface area contributed by atoms with E-state index in [0.29, 0.717) is 18.8 Å². The zero-order chi connectivity index (χ0) is 26.5. The first-order valence-corrected chi connectivity index (χ1v) is 13.7. The number of anilines is 2. The zero-order valence-corrected chi connectivity index (χ0v) is 21.1. The summed E-state index contributed by atoms with van der Waals surface area (Å²) in [4.78, 5) is 40.3. The quantitative estimate of drug-likeness (QED) is 0.331. The number of rotatable bonds is 5. The minimum atomic E-state index is -3.83. The summed E-state index contributed by atoms with van der Waals surface area (Å²) in [6.45, 7) is 2.63. The molecule has 12 heteroatoms. The van der Waals surface area contributed by atoms with Crippen molar-refractivity contribution in [2.75, 3.05) is 36.0 Å². The molecule has 0 N–H and O–H groups in total. The Morgan fingerprint density at radius 2 is 1.59 bits per heavy atom. The number of piperazine rings is 1. The normalized spacial score (nSPS) is 24.9. The molecule has 3 fully saturated rings. The summed E-state index contributed by atoms with van der Waals surface area (Å²) in [7, 11) is -3.83. The van der Waals surface area contributed by atoms with Crippen LogP contribution in [0.2, 0.25) is 0 Å². The molecule has 3 aliphatic rings. The van der Waals surface area contributed by atoms with Crippen LogP contribution in [0, 0.1) is 33.7 Å². The van der Waals surface area contributed by atoms with Crippen molar-refractivity contribution in [2.24, 2.45) is 17.8 Å². The number of carbonyl (C=O) groups excluding carboxylic acids is 2. The van der Waals surface area contributed by atoms with E-state index in [1.807, 2.05) is 0 Å². The van der Waals surface area contributed by atoms with Crippen molar-refractivity contribution in [2.45, 2.75) is 31.1 Å². The van der Waals surface area contributed by atoms with Crippen LogP contribution in [-0.2, 0) is 19.6 Å². The molecule has 2 saturated heterocycles. The van der Waals surface area contributed by atoms with Crippen LogP contribution in [0.25, 0.3) is 0 Å². The third-order valence-electron chi connectivity index (χ3n) is 7.63. The molecule has 10 nitrogen and oxygen atoms in total. The minimum Gasteiger partial charge on any atom is -0.363 e. The molecule has 196 valence electrons. The summed E-state index contributed by atoms with van der Waals surface area (Å²) in [6, 6.07) is 8.90. The second-order valence-electron chi connectivity index (χ2n) is 9.92. The fraction of sp³-hybridized carbons (Fsp3) is 0.440. The topological polar surface area (TPSA) is 121 Å². The number of amides is 2. The van der Waals surface area contributed by atoms with Crippen LogP contribution in [0.5, 0.6) is 0 Å². The number of benzene rings is 2. The van der Waals surface area contributed by atoms with Gasteiger partial charge in [0.15, 0.2) is 0 Å². The second kappa shape index (κ2) is 9.49. The van der Waals surface area contributed by atoms with Crippen LogP contribution in [0.1, 0.15) is 26.2 Å². The van der Waals surface area contributed by atoms with E-state index in [1.165, 1.54) is 28.6 Å². The van der Waals surface area contributed by atoms with Gasteiger partial charge in [-0.25, -0.2) is 17.7 Å². The van der Waals surface area contributed by atoms with Gasteiger partial charge in [-0.2, -0.15) is 4.31 Å². The molecule has 0 aromatic heterocycles. The van der Waals surface area contributed by atoms with Gasteiger partial charge >= 0.3 is 0 Å². The van der Waals surface area contributed by atoms with Gasteiger partial charge in [0.2, 0.25) is 21.8 Å². The van der Waals surface area contributed by atoms with Gasteiger partial charge in [-0.1, -0.05) is 6.92 Å². The average molecular weight is 531 g/mol. The first kappa shape index (κ1) is 25.3. The Hall–Kier alpha value is -3.38. The molecule has 3 atom stereocenters. The molecule has 2 aromatic carbocycles. The maximum absolute atomic E-state index is 13.2. The van der Waals surface area contributed by atoms with Gasteiger partial charge in [0.1, 0.15) is 11.5 Å². The highest BCUT2D eigenvalue weighted by atomic mass is 32.2. The SMILES string of the molecule is C[C@@H]1CC[C@H]2C(=O)N(c3ccc(N4CCN(S(=O)(=O)c5ccc(F)cc5)CC4)c([N+](=O)[O-])c3)C(=O)[C@@H]2C1. The van der Waals surface area contributed by atoms with Crippen molar-refractivity contribution >= 4 is 38.9 Å². The highest BCUT2D eigenvalue weighted by Gasteiger charge is 2.50. The van der Waals surface area contributed by atoms with Gasteiger partial charge in [0, 0.05) is 32.2 Å². The van der Waals surface area contributed by atoms with Crippen molar-refractivity contribution in [1.82, 2.24) is 4.31 Å². The Bertz CT molecular complexity index is 1360. The highest BCUT2D eigenvalue weighted by molar-refractivity contribution is 7.89. The zero-order valence-electron chi connectivity index (χ0n) is 20.2. The first-order chi connectivity index (χ1) is 17.6. The van der Waals surface area contributed by atoms with E-state index in [1.54, 1.807) is 11.0 Å². The average Bonchev–Trinajstić information content (AvgIpc) is 3.13. The van der Waals surface area contributed by atoms with Crippen LogP contribution in [-0.4, -0.2) is 55.6 Å². The molecule has 37 heavy (non-hydrogen) atoms. The molecule has 2 amide bonds. The predicted octanol–water partition coefficient (Wildman–Crippen LogP) is 3.17. The molecular weight excluding hydrogens is 503 g/mol. The largest absolute Gasteiger partial charge is 0.363 e. The van der Waals surface area contributed by atoms with E-state index < -0.39 is 20.8 Å². The van der Waals surface area contributed by atoms with E-state index in [9.17, 15) is 32.5 Å². The van der Waals surface area contributed by atoms with Crippen molar-refractivity contribution in [1.29, 1.82) is 0 Å². The molecule has 1 saturated carbocycles. The van der Waals surface area contributed by atoms with Crippen molar-refractivity contribution in [3.8, 4) is 0 Å². The number of carbonyl (C=O) groups is 2. The number of fused-ring (bicyclic) bond motifs is 1. The van der Waals surface area contributed by atoms with Gasteiger partial charge in [0.25, 0.3) is 5.69 Å². The molecule has 1 aliphatic carbocycles. The van der Waals surface area contributed by atoms with E-state index >= 15 is 0 Å². The number of nitro benzene ring substituents is 1. The van der Waals surface area contributed by atoms with Crippen LogP contribution < -0.4 is 9.80 Å². The van der Waals surface area contributed by atoms with E-state index in [-0.39, 0.29) is 71.8 Å². The fourth-order valence-electron chi connectivity index (χ4n) is 5.63. The lowest BCUT2D eigenvalue weighted by Gasteiger charge is -2.35. The molecule has 2 aromatic rings. The number of hydrogen-bond donors (Lipinski definition) is 0. The number of sulfonamides is 1. The summed E-state index contributed by atoms with van der Waals surface area (Å²) < 4.78 is 40.3. The maximum Gasteiger partial charge on any atom is 0.294 e. The summed E-state index contributed by atoms with van der Waals surface area (Å²) in [5.74, 6) is -1.55. The van der Waals surface area contributed by atoms with Gasteiger partial charge in [-0.05, 0) is 61.6 Å². The van der Waals surface area contributed by atoms with Gasteiger partial charge in [-0.15, -0.1) is 0 Å². The second-order valence-corrected chi connectivity index (χ2v) is 11.9. The van der Waals surface area contributed by atoms with Crippen LogP contribution >= 0.6 is 0 Å². The Labute approximate surface area is 213 Å². The maximum atomic E-state index is 13.2. The van der Waals surface area contributed by atoms with Crippen LogP contribution in [0.3, 0.4) is 0 Å². The lowest BCUT2D eigenvalue weighted by atomic mass is 9.76. The Morgan fingerprint density at radius 1 is 0.946 bits per heavy atom.